The van der Waals surface area contributed by atoms with E-state index in [9.17, 15) is 19.8 Å². The normalized spacial score (nSPS) is 13.6. The number of rotatable bonds is 10. The van der Waals surface area contributed by atoms with E-state index in [2.05, 4.69) is 0 Å². The highest BCUT2D eigenvalue weighted by atomic mass is 35.5. The number of aromatic hydroxyl groups is 2. The maximum Gasteiger partial charge on any atom is 0.508 e. The third-order valence-corrected chi connectivity index (χ3v) is 4.01. The number of carbonyl (C=O) groups excluding carboxylic acids is 2. The van der Waals surface area contributed by atoms with Gasteiger partial charge in [-0.05, 0) is 44.4 Å². The van der Waals surface area contributed by atoms with Crippen molar-refractivity contribution in [2.75, 3.05) is 6.61 Å². The van der Waals surface area contributed by atoms with E-state index in [-0.39, 0.29) is 36.9 Å². The van der Waals surface area contributed by atoms with Gasteiger partial charge >= 0.3 is 12.1 Å². The van der Waals surface area contributed by atoms with Gasteiger partial charge in [-0.3, -0.25) is 4.79 Å². The lowest BCUT2D eigenvalue weighted by Crippen LogP contribution is -2.39. The first-order chi connectivity index (χ1) is 12.7. The number of nitrogens with two attached hydrogens (primary N) is 1. The van der Waals surface area contributed by atoms with Gasteiger partial charge in [0.1, 0.15) is 18.2 Å². The molecule has 28 heavy (non-hydrogen) atoms. The van der Waals surface area contributed by atoms with Crippen LogP contribution in [0.4, 0.5) is 4.79 Å². The van der Waals surface area contributed by atoms with Gasteiger partial charge in [-0.2, -0.15) is 0 Å². The second-order valence-corrected chi connectivity index (χ2v) is 6.40. The fraction of sp³-hybridized carbons (Fsp3) is 0.579. The lowest BCUT2D eigenvalue weighted by Gasteiger charge is -2.22. The fourth-order valence-corrected chi connectivity index (χ4v) is 2.19. The van der Waals surface area contributed by atoms with Crippen LogP contribution in [0.25, 0.3) is 0 Å². The molecule has 0 heterocycles. The van der Waals surface area contributed by atoms with Crippen LogP contribution >= 0.6 is 12.4 Å². The molecule has 1 unspecified atom stereocenters. The van der Waals surface area contributed by atoms with Crippen molar-refractivity contribution in [3.63, 3.8) is 0 Å². The Balaban J connectivity index is 0.00000729. The van der Waals surface area contributed by atoms with Crippen LogP contribution in [-0.4, -0.2) is 47.2 Å². The Bertz CT molecular complexity index is 626. The molecule has 0 spiro atoms. The molecule has 0 aliphatic carbocycles. The molecule has 0 bridgehead atoms. The molecule has 8 nitrogen and oxygen atoms in total. The second-order valence-electron chi connectivity index (χ2n) is 6.40. The SMILES string of the molecule is CCCCCOC(=O)OC(C)[C@@H](C)OC(=O)[C@@H](N)Cc1ccc(O)c(O)c1.Cl. The number of phenolic OH excluding ortho intramolecular Hbond substituents is 2. The predicted octanol–water partition coefficient (Wildman–Crippen LogP) is 3.05. The molecule has 0 saturated heterocycles. The maximum absolute atomic E-state index is 12.1. The molecule has 0 aromatic heterocycles. The maximum atomic E-state index is 12.1. The molecule has 160 valence electrons. The first-order valence-electron chi connectivity index (χ1n) is 9.04. The molecule has 1 aromatic carbocycles. The molecule has 0 amide bonds. The van der Waals surface area contributed by atoms with Crippen LogP contribution in [0.1, 0.15) is 45.6 Å². The van der Waals surface area contributed by atoms with Gasteiger partial charge in [0.25, 0.3) is 0 Å². The third kappa shape index (κ3) is 9.14. The quantitative estimate of drug-likeness (QED) is 0.300. The smallest absolute Gasteiger partial charge is 0.504 e. The van der Waals surface area contributed by atoms with Crippen LogP contribution in [-0.2, 0) is 25.4 Å². The summed E-state index contributed by atoms with van der Waals surface area (Å²) in [5, 5.41) is 18.8. The van der Waals surface area contributed by atoms with Crippen molar-refractivity contribution in [2.45, 2.75) is 64.7 Å². The highest BCUT2D eigenvalue weighted by Crippen LogP contribution is 2.25. The third-order valence-electron chi connectivity index (χ3n) is 4.01. The number of hydrogen-bond acceptors (Lipinski definition) is 8. The van der Waals surface area contributed by atoms with E-state index >= 15 is 0 Å². The van der Waals surface area contributed by atoms with Crippen molar-refractivity contribution in [1.29, 1.82) is 0 Å². The second kappa shape index (κ2) is 13.1. The summed E-state index contributed by atoms with van der Waals surface area (Å²) in [5.74, 6) is -1.21. The molecular formula is C19H30ClNO7. The molecule has 0 saturated carbocycles. The summed E-state index contributed by atoms with van der Waals surface area (Å²) in [6.07, 6.45) is 0.669. The molecule has 1 aromatic rings. The van der Waals surface area contributed by atoms with E-state index in [1.807, 2.05) is 6.92 Å². The van der Waals surface area contributed by atoms with Gasteiger partial charge in [0.05, 0.1) is 6.61 Å². The van der Waals surface area contributed by atoms with Crippen molar-refractivity contribution in [3.8, 4) is 11.5 Å². The molecular weight excluding hydrogens is 390 g/mol. The minimum Gasteiger partial charge on any atom is -0.504 e. The van der Waals surface area contributed by atoms with E-state index in [1.54, 1.807) is 19.9 Å². The van der Waals surface area contributed by atoms with Crippen molar-refractivity contribution in [1.82, 2.24) is 0 Å². The van der Waals surface area contributed by atoms with E-state index in [0.29, 0.717) is 5.56 Å². The highest BCUT2D eigenvalue weighted by molar-refractivity contribution is 5.85. The van der Waals surface area contributed by atoms with Crippen LogP contribution in [0, 0.1) is 0 Å². The molecule has 0 aliphatic rings. The van der Waals surface area contributed by atoms with Gasteiger partial charge < -0.3 is 30.2 Å². The molecule has 1 rings (SSSR count). The molecule has 9 heteroatoms. The van der Waals surface area contributed by atoms with Crippen LogP contribution in [0.15, 0.2) is 18.2 Å². The van der Waals surface area contributed by atoms with Crippen molar-refractivity contribution < 1.29 is 34.0 Å². The molecule has 4 N–H and O–H groups in total. The molecule has 0 fully saturated rings. The minimum absolute atomic E-state index is 0. The first kappa shape index (κ1) is 25.8. The number of halogens is 1. The van der Waals surface area contributed by atoms with Crippen LogP contribution in [0.2, 0.25) is 0 Å². The Morgan fingerprint density at radius 2 is 1.71 bits per heavy atom. The topological polar surface area (TPSA) is 128 Å². The van der Waals surface area contributed by atoms with E-state index in [4.69, 9.17) is 19.9 Å². The van der Waals surface area contributed by atoms with E-state index in [0.717, 1.165) is 19.3 Å². The van der Waals surface area contributed by atoms with Crippen LogP contribution in [0.3, 0.4) is 0 Å². The zero-order valence-corrected chi connectivity index (χ0v) is 17.2. The first-order valence-corrected chi connectivity index (χ1v) is 9.04. The average Bonchev–Trinajstić information content (AvgIpc) is 2.61. The fourth-order valence-electron chi connectivity index (χ4n) is 2.19. The standard InChI is InChI=1S/C19H29NO7.ClH/c1-4-5-6-9-25-19(24)27-13(3)12(2)26-18(23)15(20)10-14-7-8-16(21)17(22)11-14;/h7-8,11-13,15,21-22H,4-6,9-10,20H2,1-3H3;1H/t12-,13?,15+;/m1./s1. The van der Waals surface area contributed by atoms with Gasteiger partial charge in [-0.25, -0.2) is 4.79 Å². The van der Waals surface area contributed by atoms with Crippen LogP contribution < -0.4 is 5.73 Å². The van der Waals surface area contributed by atoms with Gasteiger partial charge in [0, 0.05) is 0 Å². The van der Waals surface area contributed by atoms with Gasteiger partial charge in [-0.1, -0.05) is 25.8 Å². The summed E-state index contributed by atoms with van der Waals surface area (Å²) < 4.78 is 15.3. The lowest BCUT2D eigenvalue weighted by atomic mass is 10.1. The summed E-state index contributed by atoms with van der Waals surface area (Å²) in [5.41, 5.74) is 6.40. The Labute approximate surface area is 171 Å². The predicted molar refractivity (Wildman–Crippen MR) is 106 cm³/mol. The zero-order valence-electron chi connectivity index (χ0n) is 16.4. The lowest BCUT2D eigenvalue weighted by molar-refractivity contribution is -0.155. The number of carbonyl (C=O) groups is 2. The summed E-state index contributed by atoms with van der Waals surface area (Å²) >= 11 is 0. The number of phenols is 2. The Hall–Kier alpha value is -2.19. The zero-order chi connectivity index (χ0) is 20.4. The number of ether oxygens (including phenoxy) is 3. The van der Waals surface area contributed by atoms with Gasteiger partial charge in [0.2, 0.25) is 0 Å². The number of unbranched alkanes of at least 4 members (excludes halogenated alkanes) is 2. The summed E-state index contributed by atoms with van der Waals surface area (Å²) in [6, 6.07) is 3.22. The monoisotopic (exact) mass is 419 g/mol. The van der Waals surface area contributed by atoms with Gasteiger partial charge in [0.15, 0.2) is 11.5 Å². The minimum atomic E-state index is -0.968. The Morgan fingerprint density at radius 3 is 2.32 bits per heavy atom. The largest absolute Gasteiger partial charge is 0.508 e. The highest BCUT2D eigenvalue weighted by Gasteiger charge is 2.24. The van der Waals surface area contributed by atoms with Crippen molar-refractivity contribution >= 4 is 24.5 Å². The molecule has 3 atom stereocenters. The number of esters is 1. The summed E-state index contributed by atoms with van der Waals surface area (Å²) in [4.78, 5) is 23.7. The number of hydrogen-bond donors (Lipinski definition) is 3. The van der Waals surface area contributed by atoms with Crippen molar-refractivity contribution in [2.24, 2.45) is 5.73 Å². The average molecular weight is 420 g/mol. The Morgan fingerprint density at radius 1 is 1.07 bits per heavy atom. The number of benzene rings is 1. The van der Waals surface area contributed by atoms with Crippen LogP contribution in [0.5, 0.6) is 11.5 Å². The summed E-state index contributed by atoms with van der Waals surface area (Å²) in [6.45, 7) is 5.52. The van der Waals surface area contributed by atoms with Crippen molar-refractivity contribution in [3.05, 3.63) is 23.8 Å². The van der Waals surface area contributed by atoms with E-state index < -0.39 is 30.4 Å². The molecule has 0 radical (unpaired) electrons. The molecule has 0 aliphatic heterocycles. The summed E-state index contributed by atoms with van der Waals surface area (Å²) in [7, 11) is 0. The Kier molecular flexibility index (Phi) is 12.0. The van der Waals surface area contributed by atoms with E-state index in [1.165, 1.54) is 12.1 Å². The van der Waals surface area contributed by atoms with Gasteiger partial charge in [-0.15, -0.1) is 12.4 Å².